The van der Waals surface area contributed by atoms with Crippen LogP contribution >= 0.6 is 0 Å². The molecule has 0 spiro atoms. The summed E-state index contributed by atoms with van der Waals surface area (Å²) in [5.41, 5.74) is 0.780. The average Bonchev–Trinajstić information content (AvgIpc) is 2.40. The largest absolute Gasteiger partial charge is 0.395 e. The molecule has 0 saturated heterocycles. The number of hydrogen-bond donors (Lipinski definition) is 2. The van der Waals surface area contributed by atoms with E-state index in [1.54, 1.807) is 18.3 Å². The highest BCUT2D eigenvalue weighted by Gasteiger charge is 2.12. The molecule has 1 aromatic heterocycles. The van der Waals surface area contributed by atoms with Crippen molar-refractivity contribution in [2.24, 2.45) is 5.92 Å². The van der Waals surface area contributed by atoms with Crippen molar-refractivity contribution < 1.29 is 9.90 Å². The third-order valence-corrected chi connectivity index (χ3v) is 2.65. The van der Waals surface area contributed by atoms with Gasteiger partial charge in [-0.25, -0.2) is 4.98 Å². The number of aromatic nitrogens is 1. The van der Waals surface area contributed by atoms with Crippen LogP contribution in [0.2, 0.25) is 0 Å². The van der Waals surface area contributed by atoms with Crippen molar-refractivity contribution in [2.75, 3.05) is 11.9 Å². The van der Waals surface area contributed by atoms with Crippen LogP contribution in [0.25, 0.3) is 0 Å². The summed E-state index contributed by atoms with van der Waals surface area (Å²) in [5, 5.41) is 11.4. The Balaban J connectivity index is 2.67. The number of carbonyl (C=O) groups is 1. The molecule has 1 heterocycles. The lowest BCUT2D eigenvalue weighted by Crippen LogP contribution is -2.20. The topological polar surface area (TPSA) is 62.2 Å². The SMILES string of the molecule is CCCC(C)C(=O)Nc1cc(C#CCCO)ccn1. The zero-order valence-corrected chi connectivity index (χ0v) is 11.4. The van der Waals surface area contributed by atoms with Gasteiger partial charge in [-0.2, -0.15) is 0 Å². The molecule has 0 fully saturated rings. The fraction of sp³-hybridized carbons (Fsp3) is 0.467. The summed E-state index contributed by atoms with van der Waals surface area (Å²) in [6.45, 7) is 4.01. The minimum absolute atomic E-state index is 0.0177. The molecule has 1 unspecified atom stereocenters. The third kappa shape index (κ3) is 5.54. The second-order valence-electron chi connectivity index (χ2n) is 4.38. The first-order valence-corrected chi connectivity index (χ1v) is 6.54. The molecule has 0 radical (unpaired) electrons. The number of aliphatic hydroxyl groups is 1. The van der Waals surface area contributed by atoms with Gasteiger partial charge in [0, 0.05) is 24.1 Å². The van der Waals surface area contributed by atoms with Gasteiger partial charge in [0.25, 0.3) is 0 Å². The fourth-order valence-corrected chi connectivity index (χ4v) is 1.61. The van der Waals surface area contributed by atoms with Crippen LogP contribution in [0.5, 0.6) is 0 Å². The van der Waals surface area contributed by atoms with Crippen LogP contribution < -0.4 is 5.32 Å². The summed E-state index contributed by atoms with van der Waals surface area (Å²) in [5.74, 6) is 6.23. The first kappa shape index (κ1) is 15.2. The van der Waals surface area contributed by atoms with Gasteiger partial charge in [0.1, 0.15) is 5.82 Å². The Labute approximate surface area is 114 Å². The van der Waals surface area contributed by atoms with Crippen LogP contribution in [0.4, 0.5) is 5.82 Å². The molecular formula is C15H20N2O2. The first-order chi connectivity index (χ1) is 9.17. The van der Waals surface area contributed by atoms with E-state index < -0.39 is 0 Å². The molecule has 4 nitrogen and oxygen atoms in total. The molecule has 1 amide bonds. The molecule has 0 saturated carbocycles. The molecule has 19 heavy (non-hydrogen) atoms. The van der Waals surface area contributed by atoms with Crippen LogP contribution in [0.15, 0.2) is 18.3 Å². The standard InChI is InChI=1S/C15H20N2O2/c1-3-6-12(2)15(19)17-14-11-13(8-9-16-14)7-4-5-10-18/h8-9,11-12,18H,3,5-6,10H2,1-2H3,(H,16,17,19). The average molecular weight is 260 g/mol. The van der Waals surface area contributed by atoms with Crippen molar-refractivity contribution in [2.45, 2.75) is 33.1 Å². The van der Waals surface area contributed by atoms with Gasteiger partial charge in [-0.05, 0) is 18.6 Å². The third-order valence-electron chi connectivity index (χ3n) is 2.65. The number of aliphatic hydroxyl groups excluding tert-OH is 1. The van der Waals surface area contributed by atoms with Crippen LogP contribution in [-0.2, 0) is 4.79 Å². The summed E-state index contributed by atoms with van der Waals surface area (Å²) in [7, 11) is 0. The Bertz CT molecular complexity index is 475. The van der Waals surface area contributed by atoms with Gasteiger partial charge in [-0.15, -0.1) is 0 Å². The van der Waals surface area contributed by atoms with E-state index in [-0.39, 0.29) is 18.4 Å². The van der Waals surface area contributed by atoms with E-state index >= 15 is 0 Å². The summed E-state index contributed by atoms with van der Waals surface area (Å²) in [6.07, 6.45) is 3.90. The lowest BCUT2D eigenvalue weighted by Gasteiger charge is -2.10. The molecule has 0 aliphatic rings. The number of amides is 1. The predicted molar refractivity (Wildman–Crippen MR) is 75.5 cm³/mol. The van der Waals surface area contributed by atoms with Crippen molar-refractivity contribution in [1.82, 2.24) is 4.98 Å². The Morgan fingerprint density at radius 2 is 2.37 bits per heavy atom. The molecule has 0 aromatic carbocycles. The zero-order valence-electron chi connectivity index (χ0n) is 11.4. The first-order valence-electron chi connectivity index (χ1n) is 6.54. The molecule has 4 heteroatoms. The minimum Gasteiger partial charge on any atom is -0.395 e. The highest BCUT2D eigenvalue weighted by atomic mass is 16.2. The summed E-state index contributed by atoms with van der Waals surface area (Å²) in [6, 6.07) is 3.51. The maximum atomic E-state index is 11.9. The Kier molecular flexibility index (Phi) is 6.62. The van der Waals surface area contributed by atoms with E-state index in [1.165, 1.54) is 0 Å². The number of carbonyl (C=O) groups excluding carboxylic acids is 1. The second kappa shape index (κ2) is 8.28. The monoisotopic (exact) mass is 260 g/mol. The molecule has 1 atom stereocenters. The van der Waals surface area contributed by atoms with Crippen molar-refractivity contribution in [1.29, 1.82) is 0 Å². The van der Waals surface area contributed by atoms with Crippen LogP contribution in [0.3, 0.4) is 0 Å². The van der Waals surface area contributed by atoms with Crippen molar-refractivity contribution in [3.05, 3.63) is 23.9 Å². The van der Waals surface area contributed by atoms with Gasteiger partial charge in [-0.3, -0.25) is 4.79 Å². The van der Waals surface area contributed by atoms with Crippen LogP contribution in [-0.4, -0.2) is 22.6 Å². The zero-order chi connectivity index (χ0) is 14.1. The van der Waals surface area contributed by atoms with Crippen molar-refractivity contribution >= 4 is 11.7 Å². The number of pyridine rings is 1. The Morgan fingerprint density at radius 1 is 1.58 bits per heavy atom. The second-order valence-corrected chi connectivity index (χ2v) is 4.38. The molecule has 102 valence electrons. The van der Waals surface area contributed by atoms with E-state index in [0.29, 0.717) is 12.2 Å². The number of anilines is 1. The van der Waals surface area contributed by atoms with E-state index in [0.717, 1.165) is 18.4 Å². The summed E-state index contributed by atoms with van der Waals surface area (Å²) in [4.78, 5) is 16.0. The molecule has 2 N–H and O–H groups in total. The van der Waals surface area contributed by atoms with E-state index in [1.807, 2.05) is 6.92 Å². The highest BCUT2D eigenvalue weighted by molar-refractivity contribution is 5.91. The van der Waals surface area contributed by atoms with E-state index in [9.17, 15) is 4.79 Å². The van der Waals surface area contributed by atoms with Gasteiger partial charge >= 0.3 is 0 Å². The number of nitrogens with zero attached hydrogens (tertiary/aromatic N) is 1. The molecule has 0 aliphatic carbocycles. The van der Waals surface area contributed by atoms with Crippen LogP contribution in [0.1, 0.15) is 38.7 Å². The van der Waals surface area contributed by atoms with Crippen LogP contribution in [0, 0.1) is 17.8 Å². The van der Waals surface area contributed by atoms with Gasteiger partial charge in [-0.1, -0.05) is 32.1 Å². The van der Waals surface area contributed by atoms with Crippen molar-refractivity contribution in [3.63, 3.8) is 0 Å². The molecule has 0 bridgehead atoms. The number of nitrogens with one attached hydrogen (secondary N) is 1. The molecule has 1 aromatic rings. The van der Waals surface area contributed by atoms with Gasteiger partial charge in [0.05, 0.1) is 6.61 Å². The number of hydrogen-bond acceptors (Lipinski definition) is 3. The lowest BCUT2D eigenvalue weighted by atomic mass is 10.1. The number of rotatable bonds is 5. The normalized spacial score (nSPS) is 11.3. The van der Waals surface area contributed by atoms with Crippen molar-refractivity contribution in [3.8, 4) is 11.8 Å². The molecule has 0 aliphatic heterocycles. The van der Waals surface area contributed by atoms with Gasteiger partial charge < -0.3 is 10.4 Å². The highest BCUT2D eigenvalue weighted by Crippen LogP contribution is 2.10. The van der Waals surface area contributed by atoms with E-state index in [4.69, 9.17) is 5.11 Å². The maximum Gasteiger partial charge on any atom is 0.228 e. The maximum absolute atomic E-state index is 11.9. The molecular weight excluding hydrogens is 240 g/mol. The van der Waals surface area contributed by atoms with Gasteiger partial charge in [0.2, 0.25) is 5.91 Å². The molecule has 1 rings (SSSR count). The minimum atomic E-state index is -0.0187. The predicted octanol–water partition coefficient (Wildman–Crippen LogP) is 2.19. The lowest BCUT2D eigenvalue weighted by molar-refractivity contribution is -0.119. The van der Waals surface area contributed by atoms with Gasteiger partial charge in [0.15, 0.2) is 0 Å². The Hall–Kier alpha value is -1.86. The Morgan fingerprint density at radius 3 is 3.05 bits per heavy atom. The smallest absolute Gasteiger partial charge is 0.228 e. The van der Waals surface area contributed by atoms with E-state index in [2.05, 4.69) is 29.1 Å². The summed E-state index contributed by atoms with van der Waals surface area (Å²) >= 11 is 0. The summed E-state index contributed by atoms with van der Waals surface area (Å²) < 4.78 is 0. The quantitative estimate of drug-likeness (QED) is 0.798. The fourth-order valence-electron chi connectivity index (χ4n) is 1.61.